The number of morpholine rings is 1. The topological polar surface area (TPSA) is 65.0 Å². The number of hydrazine groups is 1. The first kappa shape index (κ1) is 24.1. The molecule has 2 fully saturated rings. The Labute approximate surface area is 191 Å². The molecule has 7 heteroatoms. The highest BCUT2D eigenvalue weighted by Crippen LogP contribution is 2.40. The highest BCUT2D eigenvalue weighted by Gasteiger charge is 2.29. The summed E-state index contributed by atoms with van der Waals surface area (Å²) in [7, 11) is 0. The van der Waals surface area contributed by atoms with Gasteiger partial charge in [0, 0.05) is 37.3 Å². The summed E-state index contributed by atoms with van der Waals surface area (Å²) in [5, 5.41) is 12.6. The standard InChI is InChI=1S/C24H37N3O3S/c1-23(2,3)18-13-17(14-19(21(18)28)24(4,5)6)15-20-22(29)27(16-31-20)25-7-8-26-9-11-30-12-10-26/h13-15,25,28H,7-12,16H2,1-6H3. The predicted octanol–water partition coefficient (Wildman–Crippen LogP) is 3.70. The van der Waals surface area contributed by atoms with Crippen LogP contribution in [-0.2, 0) is 20.4 Å². The van der Waals surface area contributed by atoms with Crippen molar-refractivity contribution in [2.45, 2.75) is 52.4 Å². The maximum Gasteiger partial charge on any atom is 0.275 e. The number of rotatable bonds is 5. The Morgan fingerprint density at radius 2 is 1.68 bits per heavy atom. The minimum Gasteiger partial charge on any atom is -0.507 e. The summed E-state index contributed by atoms with van der Waals surface area (Å²) in [6.07, 6.45) is 1.96. The van der Waals surface area contributed by atoms with E-state index in [1.165, 1.54) is 0 Å². The molecule has 6 nitrogen and oxygen atoms in total. The molecule has 2 aliphatic heterocycles. The third kappa shape index (κ3) is 6.04. The molecule has 3 rings (SSSR count). The zero-order valence-electron chi connectivity index (χ0n) is 19.7. The van der Waals surface area contributed by atoms with Gasteiger partial charge in [-0.1, -0.05) is 53.3 Å². The number of thioether (sulfide) groups is 1. The number of aromatic hydroxyl groups is 1. The highest BCUT2D eigenvalue weighted by molar-refractivity contribution is 8.04. The van der Waals surface area contributed by atoms with Crippen molar-refractivity contribution in [3.8, 4) is 5.75 Å². The van der Waals surface area contributed by atoms with E-state index in [1.807, 2.05) is 18.2 Å². The number of hydrogen-bond donors (Lipinski definition) is 2. The minimum atomic E-state index is -0.196. The molecule has 0 bridgehead atoms. The van der Waals surface area contributed by atoms with Crippen LogP contribution < -0.4 is 5.43 Å². The van der Waals surface area contributed by atoms with Gasteiger partial charge in [-0.15, -0.1) is 0 Å². The molecule has 172 valence electrons. The lowest BCUT2D eigenvalue weighted by Crippen LogP contribution is -2.45. The fraction of sp³-hybridized carbons (Fsp3) is 0.625. The van der Waals surface area contributed by atoms with Gasteiger partial charge in [-0.3, -0.25) is 14.7 Å². The first-order valence-electron chi connectivity index (χ1n) is 11.0. The third-order valence-electron chi connectivity index (χ3n) is 5.69. The van der Waals surface area contributed by atoms with Gasteiger partial charge in [0.25, 0.3) is 5.91 Å². The van der Waals surface area contributed by atoms with Crippen LogP contribution in [0.3, 0.4) is 0 Å². The number of nitrogens with one attached hydrogen (secondary N) is 1. The number of phenolic OH excluding ortho intramolecular Hbond substituents is 1. The second kappa shape index (κ2) is 9.53. The van der Waals surface area contributed by atoms with Crippen LogP contribution in [0.4, 0.5) is 0 Å². The second-order valence-electron chi connectivity index (χ2n) is 10.3. The van der Waals surface area contributed by atoms with Gasteiger partial charge < -0.3 is 9.84 Å². The number of carbonyl (C=O) groups is 1. The normalized spacial score (nSPS) is 20.1. The van der Waals surface area contributed by atoms with Crippen molar-refractivity contribution in [2.75, 3.05) is 45.3 Å². The molecule has 0 radical (unpaired) electrons. The smallest absolute Gasteiger partial charge is 0.275 e. The summed E-state index contributed by atoms with van der Waals surface area (Å²) < 4.78 is 5.38. The number of hydrogen-bond acceptors (Lipinski definition) is 6. The van der Waals surface area contributed by atoms with E-state index in [9.17, 15) is 9.90 Å². The van der Waals surface area contributed by atoms with E-state index in [0.29, 0.717) is 11.6 Å². The number of phenols is 1. The Hall–Kier alpha value is -1.54. The first-order chi connectivity index (χ1) is 14.5. The van der Waals surface area contributed by atoms with Gasteiger partial charge in [-0.25, -0.2) is 5.43 Å². The SMILES string of the molecule is CC(C)(C)c1cc(C=C2SCN(NCCN3CCOCC3)C2=O)cc(C(C)(C)C)c1O. The fourth-order valence-corrected chi connectivity index (χ4v) is 4.74. The monoisotopic (exact) mass is 447 g/mol. The first-order valence-corrected chi connectivity index (χ1v) is 12.0. The molecule has 1 aromatic carbocycles. The van der Waals surface area contributed by atoms with Gasteiger partial charge in [0.2, 0.25) is 0 Å². The summed E-state index contributed by atoms with van der Waals surface area (Å²) >= 11 is 1.55. The Kier molecular flexibility index (Phi) is 7.41. The Morgan fingerprint density at radius 1 is 1.10 bits per heavy atom. The molecule has 0 saturated carbocycles. The maximum atomic E-state index is 12.9. The molecule has 0 aliphatic carbocycles. The fourth-order valence-electron chi connectivity index (χ4n) is 3.81. The Morgan fingerprint density at radius 3 is 2.23 bits per heavy atom. The van der Waals surface area contributed by atoms with Crippen LogP contribution in [0.25, 0.3) is 6.08 Å². The van der Waals surface area contributed by atoms with Gasteiger partial charge >= 0.3 is 0 Å². The van der Waals surface area contributed by atoms with Crippen molar-refractivity contribution in [2.24, 2.45) is 0 Å². The lowest BCUT2D eigenvalue weighted by atomic mass is 9.78. The van der Waals surface area contributed by atoms with E-state index in [0.717, 1.165) is 61.0 Å². The quantitative estimate of drug-likeness (QED) is 0.671. The number of benzene rings is 1. The van der Waals surface area contributed by atoms with Crippen molar-refractivity contribution < 1.29 is 14.6 Å². The number of ether oxygens (including phenoxy) is 1. The van der Waals surface area contributed by atoms with Crippen LogP contribution in [0.15, 0.2) is 17.0 Å². The zero-order chi connectivity index (χ0) is 22.8. The average molecular weight is 448 g/mol. The molecule has 0 unspecified atom stereocenters. The largest absolute Gasteiger partial charge is 0.507 e. The molecule has 2 saturated heterocycles. The van der Waals surface area contributed by atoms with E-state index in [-0.39, 0.29) is 16.7 Å². The molecule has 0 spiro atoms. The summed E-state index contributed by atoms with van der Waals surface area (Å²) in [5.41, 5.74) is 5.65. The third-order valence-corrected chi connectivity index (χ3v) is 6.68. The maximum absolute atomic E-state index is 12.9. The van der Waals surface area contributed by atoms with Crippen LogP contribution >= 0.6 is 11.8 Å². The summed E-state index contributed by atoms with van der Waals surface area (Å²) in [4.78, 5) is 16.0. The summed E-state index contributed by atoms with van der Waals surface area (Å²) in [6.45, 7) is 17.7. The van der Waals surface area contributed by atoms with Crippen LogP contribution in [0.1, 0.15) is 58.2 Å². The highest BCUT2D eigenvalue weighted by atomic mass is 32.2. The number of amides is 1. The lowest BCUT2D eigenvalue weighted by molar-refractivity contribution is -0.127. The number of nitrogens with zero attached hydrogens (tertiary/aromatic N) is 2. The molecule has 2 heterocycles. The molecular formula is C24H37N3O3S. The van der Waals surface area contributed by atoms with Gasteiger partial charge in [0.1, 0.15) is 5.75 Å². The zero-order valence-corrected chi connectivity index (χ0v) is 20.6. The summed E-state index contributed by atoms with van der Waals surface area (Å²) in [5.74, 6) is 0.970. The molecule has 0 aromatic heterocycles. The minimum absolute atomic E-state index is 0.00895. The van der Waals surface area contributed by atoms with Crippen LogP contribution in [-0.4, -0.2) is 66.2 Å². The van der Waals surface area contributed by atoms with E-state index in [1.54, 1.807) is 16.8 Å². The lowest BCUT2D eigenvalue weighted by Gasteiger charge is -2.28. The van der Waals surface area contributed by atoms with E-state index < -0.39 is 0 Å². The van der Waals surface area contributed by atoms with Crippen molar-refractivity contribution in [3.63, 3.8) is 0 Å². The second-order valence-corrected chi connectivity index (χ2v) is 11.3. The molecule has 1 aromatic rings. The van der Waals surface area contributed by atoms with Crippen LogP contribution in [0, 0.1) is 0 Å². The van der Waals surface area contributed by atoms with Crippen molar-refractivity contribution in [1.82, 2.24) is 15.3 Å². The predicted molar refractivity (Wildman–Crippen MR) is 128 cm³/mol. The average Bonchev–Trinajstić information content (AvgIpc) is 3.02. The molecule has 2 aliphatic rings. The number of carbonyl (C=O) groups excluding carboxylic acids is 1. The Balaban J connectivity index is 1.74. The van der Waals surface area contributed by atoms with E-state index in [2.05, 4.69) is 51.9 Å². The molecule has 1 amide bonds. The van der Waals surface area contributed by atoms with Gasteiger partial charge in [-0.2, -0.15) is 0 Å². The van der Waals surface area contributed by atoms with E-state index in [4.69, 9.17) is 4.74 Å². The van der Waals surface area contributed by atoms with Crippen molar-refractivity contribution >= 4 is 23.7 Å². The van der Waals surface area contributed by atoms with Crippen LogP contribution in [0.5, 0.6) is 5.75 Å². The van der Waals surface area contributed by atoms with Gasteiger partial charge in [0.05, 0.1) is 24.0 Å². The van der Waals surface area contributed by atoms with Crippen molar-refractivity contribution in [3.05, 3.63) is 33.7 Å². The molecule has 0 atom stereocenters. The molecular weight excluding hydrogens is 410 g/mol. The van der Waals surface area contributed by atoms with Crippen molar-refractivity contribution in [1.29, 1.82) is 0 Å². The molecule has 31 heavy (non-hydrogen) atoms. The van der Waals surface area contributed by atoms with Gasteiger partial charge in [0.15, 0.2) is 0 Å². The molecule has 2 N–H and O–H groups in total. The van der Waals surface area contributed by atoms with Crippen LogP contribution in [0.2, 0.25) is 0 Å². The summed E-state index contributed by atoms with van der Waals surface area (Å²) in [6, 6.07) is 4.03. The van der Waals surface area contributed by atoms with Gasteiger partial charge in [-0.05, 0) is 34.6 Å². The van der Waals surface area contributed by atoms with E-state index >= 15 is 0 Å². The Bertz CT molecular complexity index is 798.